The zero-order valence-corrected chi connectivity index (χ0v) is 22.2. The number of carbonyl (C=O) groups excluding carboxylic acids is 2. The summed E-state index contributed by atoms with van der Waals surface area (Å²) in [5.41, 5.74) is 2.93. The number of urea groups is 1. The van der Waals surface area contributed by atoms with E-state index in [1.54, 1.807) is 67.8 Å². The Morgan fingerprint density at radius 2 is 1.69 bits per heavy atom. The average Bonchev–Trinajstić information content (AvgIpc) is 3.32. The lowest BCUT2D eigenvalue weighted by Crippen LogP contribution is -2.30. The highest BCUT2D eigenvalue weighted by Crippen LogP contribution is 2.26. The predicted octanol–water partition coefficient (Wildman–Crippen LogP) is 5.57. The van der Waals surface area contributed by atoms with Gasteiger partial charge in [-0.3, -0.25) is 4.79 Å². The van der Waals surface area contributed by atoms with Crippen LogP contribution in [0.4, 0.5) is 16.3 Å². The van der Waals surface area contributed by atoms with Crippen LogP contribution in [-0.4, -0.2) is 41.8 Å². The van der Waals surface area contributed by atoms with Crippen molar-refractivity contribution in [2.75, 3.05) is 30.8 Å². The third kappa shape index (κ3) is 6.74. The van der Waals surface area contributed by atoms with E-state index in [-0.39, 0.29) is 23.1 Å². The van der Waals surface area contributed by atoms with E-state index < -0.39 is 0 Å². The fourth-order valence-corrected chi connectivity index (χ4v) is 3.93. The molecule has 9 nitrogen and oxygen atoms in total. The van der Waals surface area contributed by atoms with Crippen molar-refractivity contribution in [3.8, 4) is 17.5 Å². The molecule has 1 aromatic heterocycles. The standard InChI is InChI=1S/C29H27ClN6O3/c1-19-4-6-20(7-5-19)27(37)26-25(18-31)28(36(35-26)23-12-8-21(30)9-13-23)32-16-3-17-33-29(38)34-22-10-14-24(39-2)15-11-22/h4-15,32H,3,16-17H2,1-2H3,(H2,33,34,38). The van der Waals surface area contributed by atoms with Crippen LogP contribution in [-0.2, 0) is 0 Å². The number of ether oxygens (including phenoxy) is 1. The van der Waals surface area contributed by atoms with E-state index >= 15 is 0 Å². The molecule has 198 valence electrons. The van der Waals surface area contributed by atoms with Crippen LogP contribution in [0.5, 0.6) is 5.75 Å². The Balaban J connectivity index is 1.46. The zero-order chi connectivity index (χ0) is 27.8. The third-order valence-electron chi connectivity index (χ3n) is 5.88. The number of methoxy groups -OCH3 is 1. The van der Waals surface area contributed by atoms with Crippen LogP contribution < -0.4 is 20.7 Å². The molecule has 0 aliphatic heterocycles. The number of anilines is 2. The van der Waals surface area contributed by atoms with Crippen LogP contribution in [0.1, 0.15) is 33.6 Å². The van der Waals surface area contributed by atoms with Crippen LogP contribution in [0.3, 0.4) is 0 Å². The van der Waals surface area contributed by atoms with Crippen LogP contribution in [0, 0.1) is 18.3 Å². The summed E-state index contributed by atoms with van der Waals surface area (Å²) in [5.74, 6) is 0.738. The fraction of sp³-hybridized carbons (Fsp3) is 0.172. The Morgan fingerprint density at radius 3 is 2.33 bits per heavy atom. The average molecular weight is 543 g/mol. The van der Waals surface area contributed by atoms with Crippen LogP contribution in [0.25, 0.3) is 5.69 Å². The molecule has 1 heterocycles. The second-order valence-electron chi connectivity index (χ2n) is 8.66. The summed E-state index contributed by atoms with van der Waals surface area (Å²) in [7, 11) is 1.58. The molecular weight excluding hydrogens is 516 g/mol. The van der Waals surface area contributed by atoms with Gasteiger partial charge in [-0.25, -0.2) is 9.48 Å². The topological polar surface area (TPSA) is 121 Å². The molecule has 2 amide bonds. The maximum atomic E-state index is 13.3. The maximum Gasteiger partial charge on any atom is 0.319 e. The third-order valence-corrected chi connectivity index (χ3v) is 6.13. The highest BCUT2D eigenvalue weighted by Gasteiger charge is 2.25. The Labute approximate surface area is 231 Å². The number of amides is 2. The normalized spacial score (nSPS) is 10.4. The van der Waals surface area contributed by atoms with E-state index in [0.717, 1.165) is 5.56 Å². The van der Waals surface area contributed by atoms with Gasteiger partial charge in [0.15, 0.2) is 5.69 Å². The van der Waals surface area contributed by atoms with Crippen molar-refractivity contribution in [1.82, 2.24) is 15.1 Å². The first kappa shape index (κ1) is 27.2. The highest BCUT2D eigenvalue weighted by molar-refractivity contribution is 6.30. The number of halogens is 1. The van der Waals surface area contributed by atoms with Gasteiger partial charge in [0.25, 0.3) is 0 Å². The molecule has 0 fully saturated rings. The minimum Gasteiger partial charge on any atom is -0.497 e. The maximum absolute atomic E-state index is 13.3. The number of hydrogen-bond donors (Lipinski definition) is 3. The molecule has 0 radical (unpaired) electrons. The van der Waals surface area contributed by atoms with Crippen molar-refractivity contribution in [1.29, 1.82) is 5.26 Å². The van der Waals surface area contributed by atoms with Crippen LogP contribution in [0.15, 0.2) is 72.8 Å². The molecule has 0 saturated heterocycles. The molecule has 0 atom stereocenters. The molecule has 3 N–H and O–H groups in total. The first-order chi connectivity index (χ1) is 18.9. The van der Waals surface area contributed by atoms with Gasteiger partial charge in [0.2, 0.25) is 5.78 Å². The van der Waals surface area contributed by atoms with E-state index in [1.807, 2.05) is 19.1 Å². The van der Waals surface area contributed by atoms with Gasteiger partial charge < -0.3 is 20.7 Å². The quantitative estimate of drug-likeness (QED) is 0.178. The number of benzene rings is 3. The molecule has 4 rings (SSSR count). The number of hydrogen-bond acceptors (Lipinski definition) is 6. The summed E-state index contributed by atoms with van der Waals surface area (Å²) in [6, 6.07) is 22.9. The first-order valence-electron chi connectivity index (χ1n) is 12.2. The van der Waals surface area contributed by atoms with E-state index in [1.165, 1.54) is 4.68 Å². The van der Waals surface area contributed by atoms with E-state index in [0.29, 0.717) is 53.0 Å². The SMILES string of the molecule is COc1ccc(NC(=O)NCCCNc2c(C#N)c(C(=O)c3ccc(C)cc3)nn2-c2ccc(Cl)cc2)cc1. The van der Waals surface area contributed by atoms with Gasteiger partial charge in [-0.15, -0.1) is 0 Å². The van der Waals surface area contributed by atoms with Crippen molar-refractivity contribution in [2.24, 2.45) is 0 Å². The minimum absolute atomic E-state index is 0.0517. The monoisotopic (exact) mass is 542 g/mol. The molecule has 0 unspecified atom stereocenters. The number of rotatable bonds is 10. The van der Waals surface area contributed by atoms with Gasteiger partial charge in [-0.1, -0.05) is 41.4 Å². The molecule has 0 bridgehead atoms. The van der Waals surface area contributed by atoms with Crippen molar-refractivity contribution in [3.05, 3.63) is 100 Å². The van der Waals surface area contributed by atoms with E-state index in [9.17, 15) is 14.9 Å². The molecule has 10 heteroatoms. The van der Waals surface area contributed by atoms with Gasteiger partial charge in [-0.05, 0) is 61.9 Å². The van der Waals surface area contributed by atoms with Gasteiger partial charge in [0.05, 0.1) is 12.8 Å². The number of aromatic nitrogens is 2. The summed E-state index contributed by atoms with van der Waals surface area (Å²) < 4.78 is 6.64. The molecule has 39 heavy (non-hydrogen) atoms. The van der Waals surface area contributed by atoms with E-state index in [2.05, 4.69) is 27.1 Å². The second-order valence-corrected chi connectivity index (χ2v) is 9.09. The summed E-state index contributed by atoms with van der Waals surface area (Å²) in [6.45, 7) is 2.72. The van der Waals surface area contributed by atoms with Crippen molar-refractivity contribution >= 4 is 34.9 Å². The van der Waals surface area contributed by atoms with E-state index in [4.69, 9.17) is 16.3 Å². The number of nitrogens with zero attached hydrogens (tertiary/aromatic N) is 3. The molecule has 3 aromatic carbocycles. The molecule has 4 aromatic rings. The van der Waals surface area contributed by atoms with Gasteiger partial charge >= 0.3 is 6.03 Å². The minimum atomic E-state index is -0.348. The van der Waals surface area contributed by atoms with Crippen LogP contribution in [0.2, 0.25) is 5.02 Å². The number of carbonyl (C=O) groups is 2. The lowest BCUT2D eigenvalue weighted by molar-refractivity contribution is 0.103. The number of ketones is 1. The molecule has 0 spiro atoms. The fourth-order valence-electron chi connectivity index (χ4n) is 3.80. The largest absolute Gasteiger partial charge is 0.497 e. The Bertz CT molecular complexity index is 1490. The number of nitrogens with one attached hydrogen (secondary N) is 3. The summed E-state index contributed by atoms with van der Waals surface area (Å²) >= 11 is 6.06. The number of aryl methyl sites for hydroxylation is 1. The lowest BCUT2D eigenvalue weighted by Gasteiger charge is -2.11. The Morgan fingerprint density at radius 1 is 1.00 bits per heavy atom. The predicted molar refractivity (Wildman–Crippen MR) is 151 cm³/mol. The zero-order valence-electron chi connectivity index (χ0n) is 21.5. The first-order valence-corrected chi connectivity index (χ1v) is 12.6. The van der Waals surface area contributed by atoms with Gasteiger partial charge in [-0.2, -0.15) is 10.4 Å². The van der Waals surface area contributed by atoms with Gasteiger partial charge in [0.1, 0.15) is 23.2 Å². The lowest BCUT2D eigenvalue weighted by atomic mass is 10.0. The molecular formula is C29H27ClN6O3. The smallest absolute Gasteiger partial charge is 0.319 e. The number of nitriles is 1. The Kier molecular flexibility index (Phi) is 8.82. The van der Waals surface area contributed by atoms with Crippen molar-refractivity contribution < 1.29 is 14.3 Å². The van der Waals surface area contributed by atoms with Gasteiger partial charge in [0, 0.05) is 29.4 Å². The molecule has 0 aliphatic carbocycles. The Hall–Kier alpha value is -4.81. The summed E-state index contributed by atoms with van der Waals surface area (Å²) in [6.07, 6.45) is 0.550. The summed E-state index contributed by atoms with van der Waals surface area (Å²) in [4.78, 5) is 25.5. The van der Waals surface area contributed by atoms with Crippen molar-refractivity contribution in [2.45, 2.75) is 13.3 Å². The summed E-state index contributed by atoms with van der Waals surface area (Å²) in [5, 5.41) is 23.9. The second kappa shape index (κ2) is 12.6. The molecule has 0 aliphatic rings. The van der Waals surface area contributed by atoms with Crippen molar-refractivity contribution in [3.63, 3.8) is 0 Å². The molecule has 0 saturated carbocycles. The van der Waals surface area contributed by atoms with Crippen LogP contribution >= 0.6 is 11.6 Å². The highest BCUT2D eigenvalue weighted by atomic mass is 35.5.